The predicted molar refractivity (Wildman–Crippen MR) is 126 cm³/mol. The van der Waals surface area contributed by atoms with Gasteiger partial charge in [-0.05, 0) is 37.3 Å². The molecule has 0 bridgehead atoms. The second kappa shape index (κ2) is 7.65. The summed E-state index contributed by atoms with van der Waals surface area (Å²) in [5, 5.41) is 11.7. The molecular weight excluding hydrogens is 402 g/mol. The van der Waals surface area contributed by atoms with E-state index in [0.29, 0.717) is 0 Å². The molecule has 6 rings (SSSR count). The average Bonchev–Trinajstić information content (AvgIpc) is 3.46. The monoisotopic (exact) mass is 425 g/mol. The first-order chi connectivity index (χ1) is 15.7. The number of hydrogen-bond acceptors (Lipinski definition) is 6. The molecule has 2 N–H and O–H groups in total. The van der Waals surface area contributed by atoms with Gasteiger partial charge < -0.3 is 15.0 Å². The van der Waals surface area contributed by atoms with Crippen molar-refractivity contribution in [2.24, 2.45) is 0 Å². The van der Waals surface area contributed by atoms with Gasteiger partial charge in [0.25, 0.3) is 0 Å². The van der Waals surface area contributed by atoms with Gasteiger partial charge in [0.15, 0.2) is 11.5 Å². The second-order valence-corrected chi connectivity index (χ2v) is 8.01. The van der Waals surface area contributed by atoms with E-state index in [9.17, 15) is 0 Å². The molecule has 32 heavy (non-hydrogen) atoms. The molecular formula is C24H23N7O. The lowest BCUT2D eigenvalue weighted by atomic mass is 10.1. The fraction of sp³-hybridized carbons (Fsp3) is 0.208. The van der Waals surface area contributed by atoms with E-state index in [1.807, 2.05) is 25.5 Å². The fourth-order valence-electron chi connectivity index (χ4n) is 4.14. The summed E-state index contributed by atoms with van der Waals surface area (Å²) >= 11 is 0. The van der Waals surface area contributed by atoms with Gasteiger partial charge in [0.2, 0.25) is 0 Å². The maximum absolute atomic E-state index is 5.46. The van der Waals surface area contributed by atoms with Gasteiger partial charge in [-0.15, -0.1) is 0 Å². The van der Waals surface area contributed by atoms with Crippen LogP contribution in [0.25, 0.3) is 27.8 Å². The van der Waals surface area contributed by atoms with Gasteiger partial charge >= 0.3 is 0 Å². The third kappa shape index (κ3) is 3.34. The van der Waals surface area contributed by atoms with E-state index in [4.69, 9.17) is 9.72 Å². The molecule has 2 aromatic carbocycles. The van der Waals surface area contributed by atoms with Gasteiger partial charge in [-0.3, -0.25) is 9.50 Å². The molecule has 1 aliphatic heterocycles. The Labute approximate surface area is 184 Å². The molecule has 4 heterocycles. The van der Waals surface area contributed by atoms with Crippen LogP contribution >= 0.6 is 0 Å². The first-order valence-electron chi connectivity index (χ1n) is 10.7. The maximum Gasteiger partial charge on any atom is 0.180 e. The highest BCUT2D eigenvalue weighted by molar-refractivity contribution is 5.84. The Morgan fingerprint density at radius 3 is 2.72 bits per heavy atom. The van der Waals surface area contributed by atoms with Crippen molar-refractivity contribution in [3.8, 4) is 11.3 Å². The van der Waals surface area contributed by atoms with Crippen LogP contribution in [-0.4, -0.2) is 50.9 Å². The summed E-state index contributed by atoms with van der Waals surface area (Å²) in [5.74, 6) is 0.722. The average molecular weight is 425 g/mol. The van der Waals surface area contributed by atoms with E-state index >= 15 is 0 Å². The van der Waals surface area contributed by atoms with E-state index in [2.05, 4.69) is 72.3 Å². The summed E-state index contributed by atoms with van der Waals surface area (Å²) in [7, 11) is 0. The largest absolute Gasteiger partial charge is 0.378 e. The van der Waals surface area contributed by atoms with Gasteiger partial charge in [0.05, 0.1) is 30.6 Å². The van der Waals surface area contributed by atoms with Gasteiger partial charge in [-0.2, -0.15) is 5.10 Å². The minimum absolute atomic E-state index is 0.722. The SMILES string of the molecule is Cc1cnc2c(Nc3ccc(N4CCOCC4)cc3)nc(-c3ccc4cn[nH]c4c3)cn12. The summed E-state index contributed by atoms with van der Waals surface area (Å²) in [6, 6.07) is 14.6. The number of benzene rings is 2. The van der Waals surface area contributed by atoms with Crippen molar-refractivity contribution in [3.05, 3.63) is 66.7 Å². The number of anilines is 3. The molecule has 3 aromatic heterocycles. The lowest BCUT2D eigenvalue weighted by Gasteiger charge is -2.28. The van der Waals surface area contributed by atoms with E-state index in [1.165, 1.54) is 5.69 Å². The fourth-order valence-corrected chi connectivity index (χ4v) is 4.14. The third-order valence-corrected chi connectivity index (χ3v) is 5.92. The summed E-state index contributed by atoms with van der Waals surface area (Å²) < 4.78 is 7.53. The number of morpholine rings is 1. The molecule has 0 amide bonds. The van der Waals surface area contributed by atoms with Crippen molar-refractivity contribution < 1.29 is 4.74 Å². The molecule has 0 aliphatic carbocycles. The maximum atomic E-state index is 5.46. The lowest BCUT2D eigenvalue weighted by molar-refractivity contribution is 0.122. The van der Waals surface area contributed by atoms with Crippen LogP contribution in [0.2, 0.25) is 0 Å². The number of fused-ring (bicyclic) bond motifs is 2. The zero-order chi connectivity index (χ0) is 21.5. The number of aryl methyl sites for hydroxylation is 1. The van der Waals surface area contributed by atoms with Crippen molar-refractivity contribution >= 4 is 33.7 Å². The Balaban J connectivity index is 1.36. The standard InChI is InChI=1S/C24H23N7O/c1-16-13-25-24-23(27-19-4-6-20(7-5-19)30-8-10-32-11-9-30)28-22(15-31(16)24)17-2-3-18-14-26-29-21(18)12-17/h2-7,12-15H,8-11H2,1H3,(H,26,29)(H,27,28). The zero-order valence-corrected chi connectivity index (χ0v) is 17.7. The minimum atomic E-state index is 0.722. The Hall–Kier alpha value is -3.91. The molecule has 0 unspecified atom stereocenters. The van der Waals surface area contributed by atoms with Crippen molar-refractivity contribution in [2.45, 2.75) is 6.92 Å². The Morgan fingerprint density at radius 1 is 1.03 bits per heavy atom. The Morgan fingerprint density at radius 2 is 1.88 bits per heavy atom. The molecule has 0 radical (unpaired) electrons. The normalized spacial score (nSPS) is 14.3. The first kappa shape index (κ1) is 18.8. The molecule has 1 aliphatic rings. The van der Waals surface area contributed by atoms with Crippen LogP contribution in [0.3, 0.4) is 0 Å². The molecule has 0 atom stereocenters. The highest BCUT2D eigenvalue weighted by Gasteiger charge is 2.14. The highest BCUT2D eigenvalue weighted by atomic mass is 16.5. The number of ether oxygens (including phenoxy) is 1. The van der Waals surface area contributed by atoms with E-state index in [0.717, 1.165) is 71.3 Å². The highest BCUT2D eigenvalue weighted by Crippen LogP contribution is 2.28. The van der Waals surface area contributed by atoms with Crippen molar-refractivity contribution in [2.75, 3.05) is 36.5 Å². The van der Waals surface area contributed by atoms with Crippen molar-refractivity contribution in [1.82, 2.24) is 24.6 Å². The van der Waals surface area contributed by atoms with Crippen LogP contribution in [0.5, 0.6) is 0 Å². The van der Waals surface area contributed by atoms with E-state index in [-0.39, 0.29) is 0 Å². The molecule has 8 heteroatoms. The molecule has 0 saturated carbocycles. The van der Waals surface area contributed by atoms with Crippen LogP contribution in [0.4, 0.5) is 17.2 Å². The summed E-state index contributed by atoms with van der Waals surface area (Å²) in [6.45, 7) is 5.44. The number of nitrogens with zero attached hydrogens (tertiary/aromatic N) is 5. The summed E-state index contributed by atoms with van der Waals surface area (Å²) in [5.41, 5.74) is 6.89. The van der Waals surface area contributed by atoms with Crippen LogP contribution < -0.4 is 10.2 Å². The Kier molecular flexibility index (Phi) is 4.50. The lowest BCUT2D eigenvalue weighted by Crippen LogP contribution is -2.36. The number of aromatic nitrogens is 5. The smallest absolute Gasteiger partial charge is 0.180 e. The number of imidazole rings is 1. The van der Waals surface area contributed by atoms with Gasteiger partial charge in [0, 0.05) is 53.5 Å². The number of nitrogens with one attached hydrogen (secondary N) is 2. The van der Waals surface area contributed by atoms with Crippen LogP contribution in [0.15, 0.2) is 61.1 Å². The Bertz CT molecular complexity index is 1400. The predicted octanol–water partition coefficient (Wildman–Crippen LogP) is 4.16. The van der Waals surface area contributed by atoms with Gasteiger partial charge in [-0.1, -0.05) is 12.1 Å². The topological polar surface area (TPSA) is 83.4 Å². The van der Waals surface area contributed by atoms with Crippen molar-refractivity contribution in [3.63, 3.8) is 0 Å². The van der Waals surface area contributed by atoms with Gasteiger partial charge in [0.1, 0.15) is 0 Å². The number of aromatic amines is 1. The molecule has 1 fully saturated rings. The number of H-pyrrole nitrogens is 1. The van der Waals surface area contributed by atoms with Crippen LogP contribution in [0, 0.1) is 6.92 Å². The van der Waals surface area contributed by atoms with E-state index < -0.39 is 0 Å². The second-order valence-electron chi connectivity index (χ2n) is 8.01. The molecule has 8 nitrogen and oxygen atoms in total. The third-order valence-electron chi connectivity index (χ3n) is 5.92. The zero-order valence-electron chi connectivity index (χ0n) is 17.7. The number of hydrogen-bond donors (Lipinski definition) is 2. The van der Waals surface area contributed by atoms with Gasteiger partial charge in [-0.25, -0.2) is 9.97 Å². The van der Waals surface area contributed by atoms with Crippen LogP contribution in [-0.2, 0) is 4.74 Å². The quantitative estimate of drug-likeness (QED) is 0.450. The molecule has 5 aromatic rings. The molecule has 160 valence electrons. The van der Waals surface area contributed by atoms with Crippen LogP contribution in [0.1, 0.15) is 5.69 Å². The summed E-state index contributed by atoms with van der Waals surface area (Å²) in [4.78, 5) is 11.9. The van der Waals surface area contributed by atoms with Crippen molar-refractivity contribution in [1.29, 1.82) is 0 Å². The summed E-state index contributed by atoms with van der Waals surface area (Å²) in [6.07, 6.45) is 5.72. The molecule has 1 saturated heterocycles. The first-order valence-corrected chi connectivity index (χ1v) is 10.7. The minimum Gasteiger partial charge on any atom is -0.378 e. The molecule has 0 spiro atoms. The van der Waals surface area contributed by atoms with E-state index in [1.54, 1.807) is 0 Å². The number of rotatable bonds is 4.